The SMILES string of the molecule is C[C@@H](N[C@@H]1CCCC[C@H]1O)c1ccccc1Br. The molecule has 0 radical (unpaired) electrons. The number of hydrogen-bond acceptors (Lipinski definition) is 2. The van der Waals surface area contributed by atoms with E-state index in [0.717, 1.165) is 23.7 Å². The van der Waals surface area contributed by atoms with E-state index in [1.807, 2.05) is 6.07 Å². The van der Waals surface area contributed by atoms with E-state index in [-0.39, 0.29) is 18.2 Å². The summed E-state index contributed by atoms with van der Waals surface area (Å²) < 4.78 is 1.13. The predicted molar refractivity (Wildman–Crippen MR) is 74.0 cm³/mol. The maximum Gasteiger partial charge on any atom is 0.0693 e. The first kappa shape index (κ1) is 13.1. The number of benzene rings is 1. The Morgan fingerprint density at radius 2 is 2.00 bits per heavy atom. The molecule has 0 unspecified atom stereocenters. The average Bonchev–Trinajstić information content (AvgIpc) is 2.32. The van der Waals surface area contributed by atoms with Crippen LogP contribution in [0, 0.1) is 0 Å². The van der Waals surface area contributed by atoms with Gasteiger partial charge in [-0.15, -0.1) is 0 Å². The van der Waals surface area contributed by atoms with Crippen LogP contribution in [0.5, 0.6) is 0 Å². The second-order valence-electron chi connectivity index (χ2n) is 4.87. The summed E-state index contributed by atoms with van der Waals surface area (Å²) in [6.07, 6.45) is 4.20. The number of hydrogen-bond donors (Lipinski definition) is 2. The third kappa shape index (κ3) is 3.30. The summed E-state index contributed by atoms with van der Waals surface area (Å²) in [7, 11) is 0. The molecule has 0 bridgehead atoms. The largest absolute Gasteiger partial charge is 0.392 e. The molecule has 0 spiro atoms. The lowest BCUT2D eigenvalue weighted by Gasteiger charge is -2.31. The highest BCUT2D eigenvalue weighted by Crippen LogP contribution is 2.26. The number of halogens is 1. The Balaban J connectivity index is 2.01. The highest BCUT2D eigenvalue weighted by atomic mass is 79.9. The summed E-state index contributed by atoms with van der Waals surface area (Å²) in [5.41, 5.74) is 1.25. The zero-order chi connectivity index (χ0) is 12.3. The summed E-state index contributed by atoms with van der Waals surface area (Å²) >= 11 is 3.57. The molecule has 1 aliphatic carbocycles. The predicted octanol–water partition coefficient (Wildman–Crippen LogP) is 3.40. The van der Waals surface area contributed by atoms with Gasteiger partial charge >= 0.3 is 0 Å². The minimum atomic E-state index is -0.186. The molecule has 0 aromatic heterocycles. The van der Waals surface area contributed by atoms with Gasteiger partial charge in [-0.3, -0.25) is 0 Å². The van der Waals surface area contributed by atoms with Gasteiger partial charge in [0.05, 0.1) is 6.10 Å². The first-order valence-electron chi connectivity index (χ1n) is 6.37. The molecule has 0 heterocycles. The van der Waals surface area contributed by atoms with Crippen LogP contribution in [0.2, 0.25) is 0 Å². The summed E-state index contributed by atoms with van der Waals surface area (Å²) in [6, 6.07) is 8.77. The summed E-state index contributed by atoms with van der Waals surface area (Å²) in [4.78, 5) is 0. The van der Waals surface area contributed by atoms with Crippen molar-refractivity contribution in [2.24, 2.45) is 0 Å². The van der Waals surface area contributed by atoms with E-state index in [9.17, 15) is 5.11 Å². The van der Waals surface area contributed by atoms with Crippen LogP contribution in [0.4, 0.5) is 0 Å². The first-order chi connectivity index (χ1) is 8.18. The van der Waals surface area contributed by atoms with E-state index < -0.39 is 0 Å². The van der Waals surface area contributed by atoms with Crippen molar-refractivity contribution in [2.45, 2.75) is 50.8 Å². The van der Waals surface area contributed by atoms with Gasteiger partial charge in [0.2, 0.25) is 0 Å². The molecule has 3 heteroatoms. The Bertz CT molecular complexity index is 369. The second kappa shape index (κ2) is 5.98. The van der Waals surface area contributed by atoms with Crippen LogP contribution in [0.1, 0.15) is 44.2 Å². The number of rotatable bonds is 3. The zero-order valence-corrected chi connectivity index (χ0v) is 11.8. The van der Waals surface area contributed by atoms with E-state index in [2.05, 4.69) is 46.4 Å². The number of nitrogens with one attached hydrogen (secondary N) is 1. The summed E-state index contributed by atoms with van der Waals surface area (Å²) in [5.74, 6) is 0. The molecular formula is C14H20BrNO. The standard InChI is InChI=1S/C14H20BrNO/c1-10(11-6-2-3-7-12(11)15)16-13-8-4-5-9-14(13)17/h2-3,6-7,10,13-14,16-17H,4-5,8-9H2,1H3/t10-,13-,14-/m1/s1. The monoisotopic (exact) mass is 297 g/mol. The highest BCUT2D eigenvalue weighted by molar-refractivity contribution is 9.10. The van der Waals surface area contributed by atoms with Gasteiger partial charge in [-0.1, -0.05) is 47.0 Å². The normalized spacial score (nSPS) is 26.8. The molecule has 1 aromatic rings. The minimum absolute atomic E-state index is 0.186. The summed E-state index contributed by atoms with van der Waals surface area (Å²) in [5, 5.41) is 13.5. The van der Waals surface area contributed by atoms with E-state index >= 15 is 0 Å². The molecule has 2 N–H and O–H groups in total. The van der Waals surface area contributed by atoms with Crippen LogP contribution in [-0.4, -0.2) is 17.3 Å². The summed E-state index contributed by atoms with van der Waals surface area (Å²) in [6.45, 7) is 2.15. The van der Waals surface area contributed by atoms with Crippen molar-refractivity contribution in [1.29, 1.82) is 0 Å². The lowest BCUT2D eigenvalue weighted by Crippen LogP contribution is -2.43. The zero-order valence-electron chi connectivity index (χ0n) is 10.2. The van der Waals surface area contributed by atoms with Crippen LogP contribution in [0.3, 0.4) is 0 Å². The van der Waals surface area contributed by atoms with Crippen LogP contribution in [0.15, 0.2) is 28.7 Å². The fourth-order valence-electron chi connectivity index (χ4n) is 2.54. The Morgan fingerprint density at radius 3 is 2.71 bits per heavy atom. The number of aliphatic hydroxyl groups excluding tert-OH is 1. The molecule has 0 amide bonds. The van der Waals surface area contributed by atoms with E-state index in [1.165, 1.54) is 12.0 Å². The molecule has 1 saturated carbocycles. The Hall–Kier alpha value is -0.380. The maximum atomic E-state index is 9.96. The molecule has 0 saturated heterocycles. The molecule has 2 nitrogen and oxygen atoms in total. The lowest BCUT2D eigenvalue weighted by molar-refractivity contribution is 0.0859. The Kier molecular flexibility index (Phi) is 4.60. The van der Waals surface area contributed by atoms with Gasteiger partial charge in [-0.2, -0.15) is 0 Å². The molecule has 0 aliphatic heterocycles. The van der Waals surface area contributed by atoms with Crippen molar-refractivity contribution in [2.75, 3.05) is 0 Å². The number of aliphatic hydroxyl groups is 1. The smallest absolute Gasteiger partial charge is 0.0693 e. The molecule has 2 rings (SSSR count). The van der Waals surface area contributed by atoms with Crippen molar-refractivity contribution < 1.29 is 5.11 Å². The van der Waals surface area contributed by atoms with Gasteiger partial charge in [0.1, 0.15) is 0 Å². The van der Waals surface area contributed by atoms with Gasteiger partial charge in [0.25, 0.3) is 0 Å². The van der Waals surface area contributed by atoms with Crippen molar-refractivity contribution in [3.05, 3.63) is 34.3 Å². The minimum Gasteiger partial charge on any atom is -0.392 e. The van der Waals surface area contributed by atoms with Crippen LogP contribution in [-0.2, 0) is 0 Å². The Morgan fingerprint density at radius 1 is 1.29 bits per heavy atom. The fraction of sp³-hybridized carbons (Fsp3) is 0.571. The van der Waals surface area contributed by atoms with Gasteiger partial charge in [0.15, 0.2) is 0 Å². The molecule has 94 valence electrons. The third-order valence-electron chi connectivity index (χ3n) is 3.57. The van der Waals surface area contributed by atoms with Gasteiger partial charge in [-0.05, 0) is 31.4 Å². The first-order valence-corrected chi connectivity index (χ1v) is 7.16. The van der Waals surface area contributed by atoms with E-state index in [1.54, 1.807) is 0 Å². The highest BCUT2D eigenvalue weighted by Gasteiger charge is 2.24. The maximum absolute atomic E-state index is 9.96. The molecular weight excluding hydrogens is 278 g/mol. The fourth-order valence-corrected chi connectivity index (χ4v) is 3.17. The second-order valence-corrected chi connectivity index (χ2v) is 5.72. The quantitative estimate of drug-likeness (QED) is 0.896. The molecule has 1 fully saturated rings. The van der Waals surface area contributed by atoms with Crippen molar-refractivity contribution in [3.63, 3.8) is 0 Å². The van der Waals surface area contributed by atoms with Crippen LogP contribution >= 0.6 is 15.9 Å². The van der Waals surface area contributed by atoms with E-state index in [4.69, 9.17) is 0 Å². The van der Waals surface area contributed by atoms with Gasteiger partial charge < -0.3 is 10.4 Å². The van der Waals surface area contributed by atoms with Crippen LogP contribution < -0.4 is 5.32 Å². The van der Waals surface area contributed by atoms with Crippen molar-refractivity contribution in [3.8, 4) is 0 Å². The van der Waals surface area contributed by atoms with Crippen molar-refractivity contribution >= 4 is 15.9 Å². The topological polar surface area (TPSA) is 32.3 Å². The third-order valence-corrected chi connectivity index (χ3v) is 4.29. The van der Waals surface area contributed by atoms with Gasteiger partial charge in [0, 0.05) is 16.6 Å². The van der Waals surface area contributed by atoms with Crippen LogP contribution in [0.25, 0.3) is 0 Å². The molecule has 1 aliphatic rings. The molecule has 17 heavy (non-hydrogen) atoms. The van der Waals surface area contributed by atoms with Gasteiger partial charge in [-0.25, -0.2) is 0 Å². The Labute approximate surface area is 112 Å². The average molecular weight is 298 g/mol. The van der Waals surface area contributed by atoms with E-state index in [0.29, 0.717) is 0 Å². The van der Waals surface area contributed by atoms with Crippen molar-refractivity contribution in [1.82, 2.24) is 5.32 Å². The molecule has 3 atom stereocenters. The lowest BCUT2D eigenvalue weighted by atomic mass is 9.91. The molecule has 1 aromatic carbocycles.